The Morgan fingerprint density at radius 3 is 2.74 bits per heavy atom. The number of β-lactam (4-membered cyclic amide) rings is 1. The highest BCUT2D eigenvalue weighted by Crippen LogP contribution is 2.40. The van der Waals surface area contributed by atoms with Crippen molar-refractivity contribution < 1.29 is 41.9 Å². The third-order valence-electron chi connectivity index (χ3n) is 6.66. The van der Waals surface area contributed by atoms with Gasteiger partial charge in [0.25, 0.3) is 11.8 Å². The molecule has 0 bridgehead atoms. The van der Waals surface area contributed by atoms with Crippen LogP contribution >= 0.6 is 11.3 Å². The van der Waals surface area contributed by atoms with Gasteiger partial charge in [0.15, 0.2) is 23.2 Å². The lowest BCUT2D eigenvalue weighted by molar-refractivity contribution is -0.671. The number of nitrogen functional groups attached to an aromatic ring is 1. The summed E-state index contributed by atoms with van der Waals surface area (Å²) in [5, 5.41) is 28.5. The summed E-state index contributed by atoms with van der Waals surface area (Å²) in [7, 11) is -3.09. The first-order valence-electron chi connectivity index (χ1n) is 12.7. The van der Waals surface area contributed by atoms with Gasteiger partial charge in [-0.15, -0.1) is 11.3 Å². The van der Waals surface area contributed by atoms with Crippen molar-refractivity contribution in [2.24, 2.45) is 12.2 Å². The zero-order valence-corrected chi connectivity index (χ0v) is 24.2. The van der Waals surface area contributed by atoms with Gasteiger partial charge in [-0.3, -0.25) is 14.1 Å². The molecule has 4 heterocycles. The van der Waals surface area contributed by atoms with Crippen LogP contribution in [0.25, 0.3) is 0 Å². The number of carboxylic acid groups (broad SMARTS) is 1. The number of rotatable bonds is 13. The first-order valence-corrected chi connectivity index (χ1v) is 15.0. The summed E-state index contributed by atoms with van der Waals surface area (Å²) in [6, 6.07) is 1.12. The molecular formula is C23H27N10O8S2+. The first-order chi connectivity index (χ1) is 20.4. The van der Waals surface area contributed by atoms with Crippen molar-refractivity contribution >= 4 is 50.3 Å². The van der Waals surface area contributed by atoms with Crippen molar-refractivity contribution in [2.45, 2.75) is 50.2 Å². The number of pyridine rings is 1. The van der Waals surface area contributed by atoms with Crippen LogP contribution in [-0.4, -0.2) is 83.5 Å². The van der Waals surface area contributed by atoms with Gasteiger partial charge in [-0.1, -0.05) is 5.16 Å². The van der Waals surface area contributed by atoms with E-state index < -0.39 is 51.5 Å². The fourth-order valence-electron chi connectivity index (χ4n) is 4.30. The fourth-order valence-corrected chi connectivity index (χ4v) is 5.72. The van der Waals surface area contributed by atoms with Crippen LogP contribution in [0.1, 0.15) is 29.8 Å². The summed E-state index contributed by atoms with van der Waals surface area (Å²) in [4.78, 5) is 47.8. The van der Waals surface area contributed by atoms with Gasteiger partial charge in [-0.25, -0.2) is 18.7 Å². The maximum atomic E-state index is 13.2. The number of carbonyl (C=O) groups excluding carboxylic acids is 2. The van der Waals surface area contributed by atoms with Crippen molar-refractivity contribution in [1.29, 1.82) is 0 Å². The van der Waals surface area contributed by atoms with Crippen LogP contribution in [0.3, 0.4) is 0 Å². The predicted octanol–water partition coefficient (Wildman–Crippen LogP) is -2.03. The molecule has 2 atom stereocenters. The molecule has 3 aromatic rings. The molecule has 0 spiro atoms. The summed E-state index contributed by atoms with van der Waals surface area (Å²) in [5.74, 6) is -3.40. The number of nitrogens with zero attached hydrogens (tertiary/aromatic N) is 7. The Morgan fingerprint density at radius 2 is 2.12 bits per heavy atom. The fraction of sp³-hybridized carbons (Fsp3) is 0.391. The number of aromatic nitrogens is 5. The van der Waals surface area contributed by atoms with Crippen LogP contribution in [-0.2, 0) is 56.2 Å². The number of carbonyl (C=O) groups is 3. The third-order valence-corrected chi connectivity index (χ3v) is 8.28. The van der Waals surface area contributed by atoms with Gasteiger partial charge in [-0.05, 0) is 6.07 Å². The number of hydrogen-bond donors (Lipinski definition) is 5. The van der Waals surface area contributed by atoms with E-state index in [9.17, 15) is 32.5 Å². The molecule has 20 heteroatoms. The number of oxime groups is 1. The van der Waals surface area contributed by atoms with Crippen molar-refractivity contribution in [2.75, 3.05) is 5.73 Å². The number of nitrogens with two attached hydrogens (primary N) is 1. The highest BCUT2D eigenvalue weighted by Gasteiger charge is 2.56. The average Bonchev–Trinajstić information content (AvgIpc) is 3.40. The normalized spacial score (nSPS) is 19.5. The zero-order chi connectivity index (χ0) is 30.9. The van der Waals surface area contributed by atoms with Crippen molar-refractivity contribution in [3.63, 3.8) is 0 Å². The average molecular weight is 636 g/mol. The molecule has 2 fully saturated rings. The van der Waals surface area contributed by atoms with Crippen LogP contribution in [0, 0.1) is 0 Å². The summed E-state index contributed by atoms with van der Waals surface area (Å²) in [6.45, 7) is 0.577. The molecule has 1 saturated carbocycles. The molecule has 18 nitrogen and oxygen atoms in total. The van der Waals surface area contributed by atoms with E-state index in [2.05, 4.69) is 31.0 Å². The molecule has 3 aromatic heterocycles. The standard InChI is InChI=1S/C23H26N10O8S2/c1-31-6-2-3-13(10-31)7-25-8-14-9-26-32(29-14)11-16-18(20(35)33(16)43(38,39)40)28-19(34)17(15-12-42-22(24)27-15)30-41-23(4-5-23)21(36)37/h2-3,6,9-10,12,16,18,25H,4-5,7-8,11H2,1H3,(H4-,24,27,28,34,36,37,38,39,40)/p+1/b30-17-/t16?,18-/m0/s1. The van der Waals surface area contributed by atoms with E-state index in [4.69, 9.17) is 10.6 Å². The van der Waals surface area contributed by atoms with Gasteiger partial charge in [0, 0.05) is 42.9 Å². The van der Waals surface area contributed by atoms with E-state index >= 15 is 0 Å². The van der Waals surface area contributed by atoms with Gasteiger partial charge < -0.3 is 26.3 Å². The minimum absolute atomic E-state index is 0.0497. The molecule has 0 aromatic carbocycles. The summed E-state index contributed by atoms with van der Waals surface area (Å²) < 4.78 is 35.7. The lowest BCUT2D eigenvalue weighted by Gasteiger charge is -2.43. The lowest BCUT2D eigenvalue weighted by Crippen LogP contribution is -2.73. The maximum absolute atomic E-state index is 13.2. The van der Waals surface area contributed by atoms with E-state index in [1.54, 1.807) is 0 Å². The monoisotopic (exact) mass is 635 g/mol. The quantitative estimate of drug-likeness (QED) is 0.0447. The number of aliphatic carboxylic acids is 1. The second kappa shape index (κ2) is 11.6. The number of thiazole rings is 1. The third kappa shape index (κ3) is 6.61. The zero-order valence-electron chi connectivity index (χ0n) is 22.5. The van der Waals surface area contributed by atoms with Gasteiger partial charge in [0.1, 0.15) is 24.8 Å². The largest absolute Gasteiger partial charge is 0.478 e. The number of nitrogens with one attached hydrogen (secondary N) is 2. The van der Waals surface area contributed by atoms with E-state index in [0.29, 0.717) is 18.8 Å². The van der Waals surface area contributed by atoms with Crippen LogP contribution in [0.5, 0.6) is 0 Å². The first kappa shape index (κ1) is 29.9. The van der Waals surface area contributed by atoms with Gasteiger partial charge in [-0.2, -0.15) is 23.4 Å². The molecule has 5 rings (SSSR count). The van der Waals surface area contributed by atoms with Crippen molar-refractivity contribution in [3.05, 3.63) is 53.1 Å². The summed E-state index contributed by atoms with van der Waals surface area (Å²) >= 11 is 0.978. The van der Waals surface area contributed by atoms with E-state index in [-0.39, 0.29) is 34.5 Å². The molecule has 2 aliphatic rings. The van der Waals surface area contributed by atoms with E-state index in [1.165, 1.54) is 11.6 Å². The molecule has 228 valence electrons. The topological polar surface area (TPSA) is 248 Å². The van der Waals surface area contributed by atoms with Crippen LogP contribution in [0.15, 0.2) is 41.3 Å². The summed E-state index contributed by atoms with van der Waals surface area (Å²) in [5.41, 5.74) is 5.12. The molecule has 1 aliphatic carbocycles. The van der Waals surface area contributed by atoms with Gasteiger partial charge >= 0.3 is 16.3 Å². The molecule has 2 amide bonds. The Bertz CT molecular complexity index is 1700. The highest BCUT2D eigenvalue weighted by molar-refractivity contribution is 7.84. The lowest BCUT2D eigenvalue weighted by atomic mass is 9.98. The number of carboxylic acids is 1. The van der Waals surface area contributed by atoms with Crippen LogP contribution in [0.2, 0.25) is 0 Å². The second-order valence-electron chi connectivity index (χ2n) is 9.90. The molecule has 0 radical (unpaired) electrons. The minimum atomic E-state index is -4.99. The smallest absolute Gasteiger partial charge is 0.362 e. The number of amides is 2. The molecule has 1 saturated heterocycles. The molecule has 6 N–H and O–H groups in total. The van der Waals surface area contributed by atoms with E-state index in [1.807, 2.05) is 36.1 Å². The highest BCUT2D eigenvalue weighted by atomic mass is 32.2. The van der Waals surface area contributed by atoms with Crippen LogP contribution in [0.4, 0.5) is 5.13 Å². The summed E-state index contributed by atoms with van der Waals surface area (Å²) in [6.07, 6.45) is 5.66. The van der Waals surface area contributed by atoms with Gasteiger partial charge in [0.2, 0.25) is 5.60 Å². The molecule has 1 unspecified atom stereocenters. The Morgan fingerprint density at radius 1 is 1.35 bits per heavy atom. The van der Waals surface area contributed by atoms with Crippen molar-refractivity contribution in [3.8, 4) is 0 Å². The molecule has 1 aliphatic heterocycles. The number of anilines is 1. The van der Waals surface area contributed by atoms with Gasteiger partial charge in [0.05, 0.1) is 18.4 Å². The second-order valence-corrected chi connectivity index (χ2v) is 12.1. The minimum Gasteiger partial charge on any atom is -0.478 e. The Balaban J connectivity index is 1.29. The van der Waals surface area contributed by atoms with Crippen LogP contribution < -0.4 is 20.9 Å². The molecule has 43 heavy (non-hydrogen) atoms. The van der Waals surface area contributed by atoms with Crippen molar-refractivity contribution in [1.82, 2.24) is 34.9 Å². The molecular weight excluding hydrogens is 608 g/mol. The SMILES string of the molecule is C[n+]1cccc(CNCc2cnn(CC3[C@H](NC(=O)/C(=N\OC4(C(=O)O)CC4)c4csc(N)n4)C(=O)N3S(=O)(=O)O)n2)c1. The number of aryl methyl sites for hydroxylation is 1. The predicted molar refractivity (Wildman–Crippen MR) is 146 cm³/mol. The maximum Gasteiger partial charge on any atom is 0.362 e. The van der Waals surface area contributed by atoms with E-state index in [0.717, 1.165) is 21.7 Å². The number of hydrogen-bond acceptors (Lipinski definition) is 13. The Kier molecular flexibility index (Phi) is 8.10. The Labute approximate surface area is 248 Å². The Hall–Kier alpha value is -4.53.